The van der Waals surface area contributed by atoms with Crippen LogP contribution in [0.5, 0.6) is 0 Å². The van der Waals surface area contributed by atoms with Gasteiger partial charge in [0.2, 0.25) is 0 Å². The van der Waals surface area contributed by atoms with Gasteiger partial charge in [-0.15, -0.1) is 11.3 Å². The van der Waals surface area contributed by atoms with Gasteiger partial charge in [0.25, 0.3) is 0 Å². The molecule has 0 bridgehead atoms. The molecular formula is C11H18N2OS. The van der Waals surface area contributed by atoms with Crippen LogP contribution in [0.1, 0.15) is 42.5 Å². The molecular weight excluding hydrogens is 208 g/mol. The van der Waals surface area contributed by atoms with Crippen molar-refractivity contribution in [1.82, 2.24) is 4.98 Å². The molecule has 0 spiro atoms. The van der Waals surface area contributed by atoms with Gasteiger partial charge in [-0.05, 0) is 32.1 Å². The SMILES string of the molecule is CCc1ncc(C2(O)CCC(N)CC2)s1. The normalized spacial score (nSPS) is 31.8. The Hall–Kier alpha value is -0.450. The second-order valence-electron chi connectivity index (χ2n) is 4.34. The van der Waals surface area contributed by atoms with Crippen LogP contribution in [0.2, 0.25) is 0 Å². The Morgan fingerprint density at radius 3 is 2.80 bits per heavy atom. The van der Waals surface area contributed by atoms with Crippen molar-refractivity contribution in [3.8, 4) is 0 Å². The zero-order chi connectivity index (χ0) is 10.9. The minimum atomic E-state index is -0.652. The minimum Gasteiger partial charge on any atom is -0.384 e. The number of aryl methyl sites for hydroxylation is 1. The van der Waals surface area contributed by atoms with Crippen molar-refractivity contribution in [3.63, 3.8) is 0 Å². The molecule has 4 heteroatoms. The van der Waals surface area contributed by atoms with Gasteiger partial charge in [0.05, 0.1) is 9.88 Å². The Labute approximate surface area is 94.3 Å². The number of rotatable bonds is 2. The zero-order valence-electron chi connectivity index (χ0n) is 9.07. The van der Waals surface area contributed by atoms with E-state index in [0.717, 1.165) is 42.0 Å². The number of nitrogens with zero attached hydrogens (tertiary/aromatic N) is 1. The first kappa shape index (κ1) is 11.0. The third kappa shape index (κ3) is 2.22. The van der Waals surface area contributed by atoms with E-state index in [9.17, 15) is 5.11 Å². The quantitative estimate of drug-likeness (QED) is 0.808. The lowest BCUT2D eigenvalue weighted by atomic mass is 9.82. The second kappa shape index (κ2) is 4.20. The van der Waals surface area contributed by atoms with Crippen molar-refractivity contribution >= 4 is 11.3 Å². The lowest BCUT2D eigenvalue weighted by Gasteiger charge is -2.33. The van der Waals surface area contributed by atoms with Crippen LogP contribution in [0.15, 0.2) is 6.20 Å². The molecule has 1 aromatic rings. The molecule has 15 heavy (non-hydrogen) atoms. The third-order valence-corrected chi connectivity index (χ3v) is 4.51. The van der Waals surface area contributed by atoms with Gasteiger partial charge in [0.1, 0.15) is 5.60 Å². The summed E-state index contributed by atoms with van der Waals surface area (Å²) < 4.78 is 0. The van der Waals surface area contributed by atoms with Gasteiger partial charge >= 0.3 is 0 Å². The summed E-state index contributed by atoms with van der Waals surface area (Å²) in [5.74, 6) is 0. The van der Waals surface area contributed by atoms with Crippen LogP contribution in [0.25, 0.3) is 0 Å². The monoisotopic (exact) mass is 226 g/mol. The number of thiazole rings is 1. The van der Waals surface area contributed by atoms with E-state index in [0.29, 0.717) is 0 Å². The second-order valence-corrected chi connectivity index (χ2v) is 5.46. The fourth-order valence-electron chi connectivity index (χ4n) is 2.05. The van der Waals surface area contributed by atoms with Crippen LogP contribution in [0.4, 0.5) is 0 Å². The molecule has 1 aliphatic rings. The van der Waals surface area contributed by atoms with Gasteiger partial charge in [-0.2, -0.15) is 0 Å². The van der Waals surface area contributed by atoms with E-state index in [4.69, 9.17) is 5.73 Å². The van der Waals surface area contributed by atoms with Crippen LogP contribution in [-0.4, -0.2) is 16.1 Å². The molecule has 0 amide bonds. The van der Waals surface area contributed by atoms with E-state index in [2.05, 4.69) is 11.9 Å². The van der Waals surface area contributed by atoms with Gasteiger partial charge < -0.3 is 10.8 Å². The molecule has 0 aliphatic heterocycles. The van der Waals surface area contributed by atoms with Crippen molar-refractivity contribution in [2.24, 2.45) is 5.73 Å². The highest BCUT2D eigenvalue weighted by Gasteiger charge is 2.35. The first-order valence-electron chi connectivity index (χ1n) is 5.57. The Morgan fingerprint density at radius 1 is 1.60 bits per heavy atom. The zero-order valence-corrected chi connectivity index (χ0v) is 9.89. The molecule has 1 aromatic heterocycles. The summed E-state index contributed by atoms with van der Waals surface area (Å²) in [6, 6.07) is 0.267. The number of hydrogen-bond acceptors (Lipinski definition) is 4. The van der Waals surface area contributed by atoms with Gasteiger partial charge in [-0.25, -0.2) is 4.98 Å². The number of nitrogens with two attached hydrogens (primary N) is 1. The van der Waals surface area contributed by atoms with Crippen LogP contribution < -0.4 is 5.73 Å². The summed E-state index contributed by atoms with van der Waals surface area (Å²) >= 11 is 1.64. The van der Waals surface area contributed by atoms with Crippen LogP contribution >= 0.6 is 11.3 Å². The van der Waals surface area contributed by atoms with Crippen molar-refractivity contribution in [2.75, 3.05) is 0 Å². The first-order valence-corrected chi connectivity index (χ1v) is 6.39. The Bertz CT molecular complexity index is 329. The van der Waals surface area contributed by atoms with Gasteiger partial charge in [-0.1, -0.05) is 6.92 Å². The smallest absolute Gasteiger partial charge is 0.100 e. The molecule has 3 N–H and O–H groups in total. The molecule has 2 rings (SSSR count). The maximum atomic E-state index is 10.5. The largest absolute Gasteiger partial charge is 0.384 e. The van der Waals surface area contributed by atoms with E-state index in [1.54, 1.807) is 11.3 Å². The highest BCUT2D eigenvalue weighted by atomic mass is 32.1. The average molecular weight is 226 g/mol. The van der Waals surface area contributed by atoms with E-state index in [1.807, 2.05) is 6.20 Å². The molecule has 0 saturated heterocycles. The molecule has 0 aromatic carbocycles. The highest BCUT2D eigenvalue weighted by Crippen LogP contribution is 2.39. The molecule has 0 unspecified atom stereocenters. The Morgan fingerprint density at radius 2 is 2.27 bits per heavy atom. The fraction of sp³-hybridized carbons (Fsp3) is 0.727. The predicted molar refractivity (Wildman–Crippen MR) is 61.8 cm³/mol. The van der Waals surface area contributed by atoms with Crippen LogP contribution in [0.3, 0.4) is 0 Å². The number of aliphatic hydroxyl groups is 1. The van der Waals surface area contributed by atoms with Crippen LogP contribution in [0, 0.1) is 0 Å². The average Bonchev–Trinajstić information content (AvgIpc) is 2.72. The molecule has 0 radical (unpaired) electrons. The fourth-order valence-corrected chi connectivity index (χ4v) is 3.06. The molecule has 1 aliphatic carbocycles. The summed E-state index contributed by atoms with van der Waals surface area (Å²) in [6.07, 6.45) is 6.16. The van der Waals surface area contributed by atoms with Gasteiger partial charge in [0.15, 0.2) is 0 Å². The lowest BCUT2D eigenvalue weighted by Crippen LogP contribution is -2.36. The van der Waals surface area contributed by atoms with E-state index >= 15 is 0 Å². The lowest BCUT2D eigenvalue weighted by molar-refractivity contribution is -0.00175. The number of aromatic nitrogens is 1. The Kier molecular flexibility index (Phi) is 3.09. The summed E-state index contributed by atoms with van der Waals surface area (Å²) in [4.78, 5) is 5.32. The van der Waals surface area contributed by atoms with E-state index in [1.165, 1.54) is 0 Å². The maximum Gasteiger partial charge on any atom is 0.100 e. The maximum absolute atomic E-state index is 10.5. The summed E-state index contributed by atoms with van der Waals surface area (Å²) in [7, 11) is 0. The molecule has 84 valence electrons. The summed E-state index contributed by atoms with van der Waals surface area (Å²) in [6.45, 7) is 2.09. The van der Waals surface area contributed by atoms with E-state index < -0.39 is 5.60 Å². The minimum absolute atomic E-state index is 0.267. The highest BCUT2D eigenvalue weighted by molar-refractivity contribution is 7.11. The molecule has 1 fully saturated rings. The van der Waals surface area contributed by atoms with Crippen molar-refractivity contribution in [1.29, 1.82) is 0 Å². The van der Waals surface area contributed by atoms with Crippen molar-refractivity contribution < 1.29 is 5.11 Å². The first-order chi connectivity index (χ1) is 7.14. The molecule has 1 saturated carbocycles. The Balaban J connectivity index is 2.14. The molecule has 0 atom stereocenters. The van der Waals surface area contributed by atoms with Gasteiger partial charge in [-0.3, -0.25) is 0 Å². The molecule has 3 nitrogen and oxygen atoms in total. The van der Waals surface area contributed by atoms with E-state index in [-0.39, 0.29) is 6.04 Å². The summed E-state index contributed by atoms with van der Waals surface area (Å²) in [5.41, 5.74) is 5.19. The number of hydrogen-bond donors (Lipinski definition) is 2. The summed E-state index contributed by atoms with van der Waals surface area (Å²) in [5, 5.41) is 11.6. The van der Waals surface area contributed by atoms with Crippen LogP contribution in [-0.2, 0) is 12.0 Å². The third-order valence-electron chi connectivity index (χ3n) is 3.17. The van der Waals surface area contributed by atoms with Crippen molar-refractivity contribution in [3.05, 3.63) is 16.1 Å². The van der Waals surface area contributed by atoms with Gasteiger partial charge in [0, 0.05) is 12.2 Å². The van der Waals surface area contributed by atoms with Crippen molar-refractivity contribution in [2.45, 2.75) is 50.7 Å². The topological polar surface area (TPSA) is 59.1 Å². The predicted octanol–water partition coefficient (Wildman–Crippen LogP) is 1.79. The molecule has 1 heterocycles. The standard InChI is InChI=1S/C11H18N2OS/c1-2-10-13-7-9(15-10)11(14)5-3-8(12)4-6-11/h7-8,14H,2-6,12H2,1H3.